The van der Waals surface area contributed by atoms with Gasteiger partial charge in [0.25, 0.3) is 0 Å². The van der Waals surface area contributed by atoms with Crippen LogP contribution in [0, 0.1) is 0 Å². The van der Waals surface area contributed by atoms with Crippen LogP contribution < -0.4 is 20.1 Å². The predicted molar refractivity (Wildman–Crippen MR) is 118 cm³/mol. The molecule has 2 atom stereocenters. The third-order valence-corrected chi connectivity index (χ3v) is 4.41. The number of likely N-dealkylation sites (N-methyl/N-ethyl adjacent to an activating group) is 1. The van der Waals surface area contributed by atoms with Gasteiger partial charge in [-0.25, -0.2) is 4.99 Å². The fourth-order valence-corrected chi connectivity index (χ4v) is 2.96. The summed E-state index contributed by atoms with van der Waals surface area (Å²) in [5, 5.41) is 6.76. The van der Waals surface area contributed by atoms with Gasteiger partial charge in [-0.2, -0.15) is 0 Å². The van der Waals surface area contributed by atoms with Gasteiger partial charge in [0.05, 0.1) is 13.7 Å². The van der Waals surface area contributed by atoms with Crippen LogP contribution in [0.25, 0.3) is 0 Å². The van der Waals surface area contributed by atoms with Crippen LogP contribution >= 0.6 is 24.0 Å². The van der Waals surface area contributed by atoms with Gasteiger partial charge in [-0.3, -0.25) is 0 Å². The van der Waals surface area contributed by atoms with Crippen LogP contribution in [0.3, 0.4) is 0 Å². The van der Waals surface area contributed by atoms with E-state index in [1.165, 1.54) is 19.4 Å². The summed E-state index contributed by atoms with van der Waals surface area (Å²) in [6.45, 7) is 7.65. The van der Waals surface area contributed by atoms with Crippen LogP contribution in [0.4, 0.5) is 0 Å². The molecule has 1 aromatic carbocycles. The first-order chi connectivity index (χ1) is 12.1. The third kappa shape index (κ3) is 7.57. The van der Waals surface area contributed by atoms with E-state index in [1.54, 1.807) is 7.11 Å². The van der Waals surface area contributed by atoms with E-state index >= 15 is 0 Å². The second kappa shape index (κ2) is 12.2. The van der Waals surface area contributed by atoms with Crippen molar-refractivity contribution >= 4 is 29.9 Å². The van der Waals surface area contributed by atoms with Gasteiger partial charge in [0.2, 0.25) is 0 Å². The number of hydrogen-bond donors (Lipinski definition) is 2. The minimum Gasteiger partial charge on any atom is -0.497 e. The van der Waals surface area contributed by atoms with Crippen molar-refractivity contribution in [3.05, 3.63) is 24.3 Å². The lowest BCUT2D eigenvalue weighted by Gasteiger charge is -2.21. The van der Waals surface area contributed by atoms with Crippen LogP contribution in [-0.2, 0) is 0 Å². The number of nitrogens with zero attached hydrogens (tertiary/aromatic N) is 2. The Morgan fingerprint density at radius 2 is 2.12 bits per heavy atom. The molecule has 0 spiro atoms. The Hall–Kier alpha value is -1.22. The number of nitrogens with one attached hydrogen (secondary N) is 2. The summed E-state index contributed by atoms with van der Waals surface area (Å²) in [6, 6.07) is 8.24. The summed E-state index contributed by atoms with van der Waals surface area (Å²) >= 11 is 0. The van der Waals surface area contributed by atoms with E-state index in [1.807, 2.05) is 31.2 Å². The van der Waals surface area contributed by atoms with E-state index in [9.17, 15) is 0 Å². The fourth-order valence-electron chi connectivity index (χ4n) is 2.96. The molecule has 0 saturated carbocycles. The SMILES string of the molecule is CCNC(=NCC(C)Oc1cccc(OC)c1)NCC1CCCN1C.I. The molecule has 0 amide bonds. The smallest absolute Gasteiger partial charge is 0.191 e. The average Bonchev–Trinajstić information content (AvgIpc) is 3.02. The van der Waals surface area contributed by atoms with Crippen LogP contribution in [-0.4, -0.2) is 63.3 Å². The van der Waals surface area contributed by atoms with E-state index in [0.717, 1.165) is 30.5 Å². The van der Waals surface area contributed by atoms with Gasteiger partial charge in [-0.15, -0.1) is 24.0 Å². The van der Waals surface area contributed by atoms with Crippen molar-refractivity contribution in [1.29, 1.82) is 0 Å². The van der Waals surface area contributed by atoms with Gasteiger partial charge in [-0.1, -0.05) is 6.07 Å². The molecule has 0 aliphatic carbocycles. The topological polar surface area (TPSA) is 58.1 Å². The number of hydrogen-bond acceptors (Lipinski definition) is 4. The number of halogens is 1. The summed E-state index contributed by atoms with van der Waals surface area (Å²) in [5.41, 5.74) is 0. The van der Waals surface area contributed by atoms with E-state index < -0.39 is 0 Å². The zero-order valence-electron chi connectivity index (χ0n) is 16.3. The molecular weight excluding hydrogens is 443 g/mol. The van der Waals surface area contributed by atoms with E-state index in [-0.39, 0.29) is 30.1 Å². The maximum absolute atomic E-state index is 5.93. The molecule has 1 aliphatic rings. The lowest BCUT2D eigenvalue weighted by Crippen LogP contribution is -2.44. The average molecular weight is 476 g/mol. The Labute approximate surface area is 174 Å². The van der Waals surface area contributed by atoms with Gasteiger partial charge in [0.15, 0.2) is 5.96 Å². The second-order valence-corrected chi connectivity index (χ2v) is 6.48. The van der Waals surface area contributed by atoms with Crippen molar-refractivity contribution < 1.29 is 9.47 Å². The van der Waals surface area contributed by atoms with Crippen molar-refractivity contribution in [2.24, 2.45) is 4.99 Å². The number of benzene rings is 1. The van der Waals surface area contributed by atoms with Gasteiger partial charge >= 0.3 is 0 Å². The molecule has 2 unspecified atom stereocenters. The quantitative estimate of drug-likeness (QED) is 0.344. The Morgan fingerprint density at radius 1 is 1.35 bits per heavy atom. The normalized spacial score (nSPS) is 18.8. The number of aliphatic imine (C=N–C) groups is 1. The first-order valence-electron chi connectivity index (χ1n) is 9.15. The molecular formula is C19H33IN4O2. The highest BCUT2D eigenvalue weighted by atomic mass is 127. The molecule has 26 heavy (non-hydrogen) atoms. The zero-order valence-corrected chi connectivity index (χ0v) is 18.7. The Bertz CT molecular complexity index is 556. The number of ether oxygens (including phenoxy) is 2. The van der Waals surface area contributed by atoms with Crippen molar-refractivity contribution in [2.75, 3.05) is 40.3 Å². The van der Waals surface area contributed by atoms with Gasteiger partial charge in [0, 0.05) is 25.2 Å². The number of guanidine groups is 1. The molecule has 1 aromatic rings. The van der Waals surface area contributed by atoms with Gasteiger partial charge < -0.3 is 25.0 Å². The molecule has 1 fully saturated rings. The lowest BCUT2D eigenvalue weighted by atomic mass is 10.2. The highest BCUT2D eigenvalue weighted by Crippen LogP contribution is 2.20. The van der Waals surface area contributed by atoms with Crippen LogP contribution in [0.5, 0.6) is 11.5 Å². The summed E-state index contributed by atoms with van der Waals surface area (Å²) in [6.07, 6.45) is 2.51. The maximum Gasteiger partial charge on any atom is 0.191 e. The number of methoxy groups -OCH3 is 1. The molecule has 2 rings (SSSR count). The molecule has 0 bridgehead atoms. The maximum atomic E-state index is 5.93. The summed E-state index contributed by atoms with van der Waals surface area (Å²) in [5.74, 6) is 2.44. The standard InChI is InChI=1S/C19H32N4O2.HI/c1-5-20-19(22-14-16-8-7-11-23(16)3)21-13-15(2)25-18-10-6-9-17(12-18)24-4;/h6,9-10,12,15-16H,5,7-8,11,13-14H2,1-4H3,(H2,20,21,22);1H. The molecule has 2 N–H and O–H groups in total. The number of likely N-dealkylation sites (tertiary alicyclic amines) is 1. The zero-order chi connectivity index (χ0) is 18.1. The van der Waals surface area contributed by atoms with Crippen LogP contribution in [0.2, 0.25) is 0 Å². The lowest BCUT2D eigenvalue weighted by molar-refractivity contribution is 0.229. The minimum absolute atomic E-state index is 0. The van der Waals surface area contributed by atoms with Gasteiger partial charge in [-0.05, 0) is 52.4 Å². The van der Waals surface area contributed by atoms with Crippen molar-refractivity contribution in [3.8, 4) is 11.5 Å². The molecule has 1 heterocycles. The Kier molecular flexibility index (Phi) is 10.7. The monoisotopic (exact) mass is 476 g/mol. The molecule has 0 radical (unpaired) electrons. The summed E-state index contributed by atoms with van der Waals surface area (Å²) in [7, 11) is 3.84. The van der Waals surface area contributed by atoms with Crippen molar-refractivity contribution in [1.82, 2.24) is 15.5 Å². The number of rotatable bonds is 8. The Balaban J connectivity index is 0.00000338. The fraction of sp³-hybridized carbons (Fsp3) is 0.632. The van der Waals surface area contributed by atoms with E-state index in [0.29, 0.717) is 12.6 Å². The van der Waals surface area contributed by atoms with Crippen molar-refractivity contribution in [2.45, 2.75) is 38.8 Å². The van der Waals surface area contributed by atoms with E-state index in [4.69, 9.17) is 9.47 Å². The largest absolute Gasteiger partial charge is 0.497 e. The molecule has 1 aliphatic heterocycles. The molecule has 7 heteroatoms. The summed E-state index contributed by atoms with van der Waals surface area (Å²) < 4.78 is 11.2. The molecule has 1 saturated heterocycles. The third-order valence-electron chi connectivity index (χ3n) is 4.41. The minimum atomic E-state index is -0.0169. The van der Waals surface area contributed by atoms with Crippen molar-refractivity contribution in [3.63, 3.8) is 0 Å². The highest BCUT2D eigenvalue weighted by molar-refractivity contribution is 14.0. The highest BCUT2D eigenvalue weighted by Gasteiger charge is 2.20. The van der Waals surface area contributed by atoms with E-state index in [2.05, 4.69) is 34.5 Å². The first kappa shape index (κ1) is 22.8. The molecule has 148 valence electrons. The first-order valence-corrected chi connectivity index (χ1v) is 9.15. The predicted octanol–water partition coefficient (Wildman–Crippen LogP) is 2.73. The van der Waals surface area contributed by atoms with Crippen LogP contribution in [0.15, 0.2) is 29.3 Å². The second-order valence-electron chi connectivity index (χ2n) is 6.48. The summed E-state index contributed by atoms with van der Waals surface area (Å²) in [4.78, 5) is 7.07. The van der Waals surface area contributed by atoms with Gasteiger partial charge in [0.1, 0.15) is 17.6 Å². The molecule has 0 aromatic heterocycles. The Morgan fingerprint density at radius 3 is 2.77 bits per heavy atom. The van der Waals surface area contributed by atoms with Crippen LogP contribution in [0.1, 0.15) is 26.7 Å². The molecule has 6 nitrogen and oxygen atoms in total.